The molecule has 1 atom stereocenters. The maximum atomic E-state index is 12.7. The van der Waals surface area contributed by atoms with E-state index >= 15 is 0 Å². The predicted molar refractivity (Wildman–Crippen MR) is 90.2 cm³/mol. The number of rotatable bonds is 5. The highest BCUT2D eigenvalue weighted by molar-refractivity contribution is 7.83. The van der Waals surface area contributed by atoms with E-state index in [-0.39, 0.29) is 0 Å². The average Bonchev–Trinajstić information content (AvgIpc) is 2.59. The van der Waals surface area contributed by atoms with E-state index in [9.17, 15) is 4.21 Å². The summed E-state index contributed by atoms with van der Waals surface area (Å²) in [4.78, 5) is 0.691. The molecule has 0 unspecified atom stereocenters. The molecule has 0 radical (unpaired) electrons. The summed E-state index contributed by atoms with van der Waals surface area (Å²) in [5.74, 6) is 0.637. The van der Waals surface area contributed by atoms with E-state index in [2.05, 4.69) is 4.72 Å². The summed E-state index contributed by atoms with van der Waals surface area (Å²) < 4.78 is 21.2. The number of hydrogen-bond donors (Lipinski definition) is 1. The fourth-order valence-corrected chi connectivity index (χ4v) is 3.55. The van der Waals surface area contributed by atoms with Crippen molar-refractivity contribution in [3.8, 4) is 5.75 Å². The molecule has 0 aliphatic rings. The summed E-state index contributed by atoms with van der Waals surface area (Å²) in [6.45, 7) is 0.541. The van der Waals surface area contributed by atoms with Gasteiger partial charge in [0, 0.05) is 11.9 Å². The summed E-state index contributed by atoms with van der Waals surface area (Å²) in [6.07, 6.45) is 0. The lowest BCUT2D eigenvalue weighted by atomic mass is 10.1. The van der Waals surface area contributed by atoms with Gasteiger partial charge >= 0.3 is 0 Å². The molecule has 0 amide bonds. The Morgan fingerprint density at radius 2 is 1.68 bits per heavy atom. The normalized spacial score (nSPS) is 12.2. The Morgan fingerprint density at radius 3 is 2.45 bits per heavy atom. The van der Waals surface area contributed by atoms with E-state index in [1.54, 1.807) is 7.11 Å². The van der Waals surface area contributed by atoms with Crippen molar-refractivity contribution in [2.24, 2.45) is 0 Å². The molecule has 0 spiro atoms. The van der Waals surface area contributed by atoms with Crippen LogP contribution in [0.15, 0.2) is 71.6 Å². The molecule has 22 heavy (non-hydrogen) atoms. The van der Waals surface area contributed by atoms with Gasteiger partial charge in [-0.25, -0.2) is 8.93 Å². The van der Waals surface area contributed by atoms with E-state index in [0.29, 0.717) is 17.2 Å². The lowest BCUT2D eigenvalue weighted by Crippen LogP contribution is -2.17. The molecule has 0 saturated heterocycles. The van der Waals surface area contributed by atoms with E-state index in [1.807, 2.05) is 66.7 Å². The van der Waals surface area contributed by atoms with Gasteiger partial charge in [-0.2, -0.15) is 0 Å². The number of nitrogens with one attached hydrogen (secondary N) is 1. The molecule has 3 nitrogen and oxygen atoms in total. The van der Waals surface area contributed by atoms with Crippen LogP contribution < -0.4 is 9.46 Å². The number of ether oxygens (including phenoxy) is 1. The second kappa shape index (κ2) is 6.73. The molecular weight excluding hydrogens is 294 g/mol. The van der Waals surface area contributed by atoms with Crippen molar-refractivity contribution in [2.75, 3.05) is 7.11 Å². The van der Waals surface area contributed by atoms with Crippen LogP contribution in [-0.2, 0) is 17.5 Å². The Hall–Kier alpha value is -2.17. The van der Waals surface area contributed by atoms with Crippen LogP contribution in [-0.4, -0.2) is 11.3 Å². The first-order chi connectivity index (χ1) is 10.8. The second-order valence-electron chi connectivity index (χ2n) is 4.89. The molecule has 1 N–H and O–H groups in total. The van der Waals surface area contributed by atoms with Crippen LogP contribution in [0.5, 0.6) is 5.75 Å². The zero-order chi connectivity index (χ0) is 15.4. The standard InChI is InChI=1S/C18H17NO2S/c1-21-17-12-11-15-9-5-6-10-16(15)18(17)22(20)19-13-14-7-3-2-4-8-14/h2-12,19H,13H2,1H3/t22-/m1/s1. The molecule has 0 aromatic heterocycles. The highest BCUT2D eigenvalue weighted by atomic mass is 32.2. The van der Waals surface area contributed by atoms with Gasteiger partial charge in [-0.15, -0.1) is 0 Å². The maximum absolute atomic E-state index is 12.7. The minimum atomic E-state index is -1.34. The Morgan fingerprint density at radius 1 is 0.955 bits per heavy atom. The van der Waals surface area contributed by atoms with E-state index in [4.69, 9.17) is 4.74 Å². The third kappa shape index (κ3) is 3.03. The van der Waals surface area contributed by atoms with Gasteiger partial charge in [0.1, 0.15) is 21.6 Å². The van der Waals surface area contributed by atoms with Crippen LogP contribution in [0.4, 0.5) is 0 Å². The minimum Gasteiger partial charge on any atom is -0.495 e. The Balaban J connectivity index is 1.92. The maximum Gasteiger partial charge on any atom is 0.137 e. The first-order valence-corrected chi connectivity index (χ1v) is 8.19. The highest BCUT2D eigenvalue weighted by Crippen LogP contribution is 2.30. The monoisotopic (exact) mass is 311 g/mol. The molecule has 3 rings (SSSR count). The number of hydrogen-bond acceptors (Lipinski definition) is 2. The third-order valence-electron chi connectivity index (χ3n) is 3.50. The van der Waals surface area contributed by atoms with Crippen LogP contribution >= 0.6 is 0 Å². The smallest absolute Gasteiger partial charge is 0.137 e. The molecular formula is C18H17NO2S. The van der Waals surface area contributed by atoms with Crippen LogP contribution in [0.3, 0.4) is 0 Å². The zero-order valence-electron chi connectivity index (χ0n) is 12.3. The van der Waals surface area contributed by atoms with Gasteiger partial charge in [-0.1, -0.05) is 60.7 Å². The van der Waals surface area contributed by atoms with Crippen molar-refractivity contribution in [3.05, 3.63) is 72.3 Å². The van der Waals surface area contributed by atoms with Crippen LogP contribution in [0.25, 0.3) is 10.8 Å². The minimum absolute atomic E-state index is 0.541. The van der Waals surface area contributed by atoms with Gasteiger partial charge < -0.3 is 4.74 Å². The Kier molecular flexibility index (Phi) is 4.51. The van der Waals surface area contributed by atoms with Gasteiger partial charge in [-0.05, 0) is 17.0 Å². The van der Waals surface area contributed by atoms with Gasteiger partial charge in [0.2, 0.25) is 0 Å². The van der Waals surface area contributed by atoms with Crippen LogP contribution in [0, 0.1) is 0 Å². The quantitative estimate of drug-likeness (QED) is 0.781. The lowest BCUT2D eigenvalue weighted by molar-refractivity contribution is 0.405. The SMILES string of the molecule is COc1ccc2ccccc2c1[S@@](=O)NCc1ccccc1. The lowest BCUT2D eigenvalue weighted by Gasteiger charge is -2.12. The average molecular weight is 311 g/mol. The fraction of sp³-hybridized carbons (Fsp3) is 0.111. The Bertz CT molecular complexity index is 803. The van der Waals surface area contributed by atoms with Crippen molar-refractivity contribution in [1.29, 1.82) is 0 Å². The predicted octanol–water partition coefficient (Wildman–Crippen LogP) is 3.66. The molecule has 0 bridgehead atoms. The highest BCUT2D eigenvalue weighted by Gasteiger charge is 2.14. The number of methoxy groups -OCH3 is 1. The molecule has 112 valence electrons. The van der Waals surface area contributed by atoms with Gasteiger partial charge in [0.15, 0.2) is 0 Å². The zero-order valence-corrected chi connectivity index (χ0v) is 13.1. The topological polar surface area (TPSA) is 38.3 Å². The van der Waals surface area contributed by atoms with Crippen LogP contribution in [0.2, 0.25) is 0 Å². The van der Waals surface area contributed by atoms with Crippen LogP contribution in [0.1, 0.15) is 5.56 Å². The van der Waals surface area contributed by atoms with Crippen molar-refractivity contribution in [1.82, 2.24) is 4.72 Å². The molecule has 0 aliphatic carbocycles. The Labute approximate surface area is 132 Å². The summed E-state index contributed by atoms with van der Waals surface area (Å²) in [6, 6.07) is 21.6. The second-order valence-corrected chi connectivity index (χ2v) is 6.13. The first kappa shape index (κ1) is 14.8. The van der Waals surface area contributed by atoms with Crippen molar-refractivity contribution < 1.29 is 8.95 Å². The first-order valence-electron chi connectivity index (χ1n) is 7.04. The fourth-order valence-electron chi connectivity index (χ4n) is 2.39. The van der Waals surface area contributed by atoms with Crippen molar-refractivity contribution in [3.63, 3.8) is 0 Å². The molecule has 3 aromatic carbocycles. The van der Waals surface area contributed by atoms with Gasteiger partial charge in [-0.3, -0.25) is 0 Å². The number of benzene rings is 3. The molecule has 4 heteroatoms. The third-order valence-corrected chi connectivity index (χ3v) is 4.70. The largest absolute Gasteiger partial charge is 0.495 e. The summed E-state index contributed by atoms with van der Waals surface area (Å²) >= 11 is 0. The summed E-state index contributed by atoms with van der Waals surface area (Å²) in [5.41, 5.74) is 1.09. The van der Waals surface area contributed by atoms with E-state index in [0.717, 1.165) is 16.3 Å². The van der Waals surface area contributed by atoms with E-state index < -0.39 is 11.0 Å². The summed E-state index contributed by atoms with van der Waals surface area (Å²) in [5, 5.41) is 1.99. The molecule has 0 heterocycles. The summed E-state index contributed by atoms with van der Waals surface area (Å²) in [7, 11) is 0.254. The van der Waals surface area contributed by atoms with Gasteiger partial charge in [0.25, 0.3) is 0 Å². The molecule has 0 aliphatic heterocycles. The molecule has 0 saturated carbocycles. The molecule has 3 aromatic rings. The van der Waals surface area contributed by atoms with E-state index in [1.165, 1.54) is 0 Å². The number of fused-ring (bicyclic) bond motifs is 1. The molecule has 0 fully saturated rings. The van der Waals surface area contributed by atoms with Crippen molar-refractivity contribution in [2.45, 2.75) is 11.4 Å². The van der Waals surface area contributed by atoms with Crippen molar-refractivity contribution >= 4 is 21.8 Å². The van der Waals surface area contributed by atoms with Gasteiger partial charge in [0.05, 0.1) is 7.11 Å².